The standard InChI is InChI=1S/C12H8N6O/c19-12-8-5-16-18(11(8)13-6-14-12)10-3-1-2-9-7(10)4-15-17-9/h1-6H,(H,15,17)(H,13,14,19). The average Bonchev–Trinajstić information content (AvgIpc) is 3.05. The Labute approximate surface area is 105 Å². The van der Waals surface area contributed by atoms with Gasteiger partial charge in [-0.05, 0) is 12.1 Å². The molecule has 19 heavy (non-hydrogen) atoms. The maximum atomic E-state index is 11.7. The van der Waals surface area contributed by atoms with Crippen LogP contribution >= 0.6 is 0 Å². The van der Waals surface area contributed by atoms with Crippen molar-refractivity contribution in [3.63, 3.8) is 0 Å². The molecular formula is C12H8N6O. The van der Waals surface area contributed by atoms with E-state index in [0.29, 0.717) is 11.0 Å². The second kappa shape index (κ2) is 3.52. The number of benzene rings is 1. The highest BCUT2D eigenvalue weighted by atomic mass is 16.1. The molecule has 0 unspecified atom stereocenters. The molecule has 1 aromatic carbocycles. The minimum atomic E-state index is -0.199. The summed E-state index contributed by atoms with van der Waals surface area (Å²) < 4.78 is 1.64. The summed E-state index contributed by atoms with van der Waals surface area (Å²) in [7, 11) is 0. The quantitative estimate of drug-likeness (QED) is 0.528. The first kappa shape index (κ1) is 10.0. The van der Waals surface area contributed by atoms with Gasteiger partial charge in [0.2, 0.25) is 0 Å². The topological polar surface area (TPSA) is 92.2 Å². The van der Waals surface area contributed by atoms with Crippen LogP contribution in [0.5, 0.6) is 0 Å². The van der Waals surface area contributed by atoms with E-state index in [1.165, 1.54) is 12.5 Å². The van der Waals surface area contributed by atoms with Gasteiger partial charge < -0.3 is 4.98 Å². The fraction of sp³-hybridized carbons (Fsp3) is 0. The van der Waals surface area contributed by atoms with Crippen LogP contribution in [-0.2, 0) is 0 Å². The third-order valence-corrected chi connectivity index (χ3v) is 3.06. The lowest BCUT2D eigenvalue weighted by Gasteiger charge is -2.03. The highest BCUT2D eigenvalue weighted by Gasteiger charge is 2.11. The monoisotopic (exact) mass is 252 g/mol. The van der Waals surface area contributed by atoms with E-state index in [0.717, 1.165) is 16.6 Å². The molecule has 0 saturated heterocycles. The molecular weight excluding hydrogens is 244 g/mol. The smallest absolute Gasteiger partial charge is 0.261 e. The van der Waals surface area contributed by atoms with E-state index in [1.54, 1.807) is 10.9 Å². The van der Waals surface area contributed by atoms with E-state index in [9.17, 15) is 4.79 Å². The van der Waals surface area contributed by atoms with Crippen molar-refractivity contribution in [1.82, 2.24) is 29.9 Å². The predicted octanol–water partition coefficient (Wildman–Crippen LogP) is 0.985. The molecule has 0 aliphatic heterocycles. The zero-order valence-electron chi connectivity index (χ0n) is 9.66. The summed E-state index contributed by atoms with van der Waals surface area (Å²) >= 11 is 0. The third kappa shape index (κ3) is 1.32. The summed E-state index contributed by atoms with van der Waals surface area (Å²) in [6.45, 7) is 0. The minimum Gasteiger partial charge on any atom is -0.312 e. The number of H-pyrrole nitrogens is 2. The van der Waals surface area contributed by atoms with Crippen LogP contribution in [0.2, 0.25) is 0 Å². The molecule has 0 amide bonds. The lowest BCUT2D eigenvalue weighted by atomic mass is 10.2. The van der Waals surface area contributed by atoms with Gasteiger partial charge >= 0.3 is 0 Å². The van der Waals surface area contributed by atoms with E-state index in [2.05, 4.69) is 25.3 Å². The lowest BCUT2D eigenvalue weighted by Crippen LogP contribution is -2.06. The first-order valence-corrected chi connectivity index (χ1v) is 5.68. The molecule has 3 heterocycles. The van der Waals surface area contributed by atoms with Crippen molar-refractivity contribution >= 4 is 21.9 Å². The zero-order chi connectivity index (χ0) is 12.8. The molecule has 4 aromatic rings. The van der Waals surface area contributed by atoms with Crippen molar-refractivity contribution in [3.05, 3.63) is 47.3 Å². The Morgan fingerprint density at radius 1 is 1.16 bits per heavy atom. The number of nitrogens with one attached hydrogen (secondary N) is 2. The molecule has 7 heteroatoms. The van der Waals surface area contributed by atoms with Gasteiger partial charge in [-0.3, -0.25) is 9.89 Å². The molecule has 92 valence electrons. The van der Waals surface area contributed by atoms with Crippen LogP contribution in [0.1, 0.15) is 0 Å². The van der Waals surface area contributed by atoms with E-state index in [1.807, 2.05) is 18.2 Å². The molecule has 0 atom stereocenters. The maximum Gasteiger partial charge on any atom is 0.261 e. The predicted molar refractivity (Wildman–Crippen MR) is 69.1 cm³/mol. The Balaban J connectivity index is 2.13. The number of rotatable bonds is 1. The molecule has 2 N–H and O–H groups in total. The summed E-state index contributed by atoms with van der Waals surface area (Å²) in [5, 5.41) is 12.6. The van der Waals surface area contributed by atoms with Crippen LogP contribution in [-0.4, -0.2) is 29.9 Å². The van der Waals surface area contributed by atoms with E-state index in [4.69, 9.17) is 0 Å². The maximum absolute atomic E-state index is 11.7. The molecule has 0 bridgehead atoms. The van der Waals surface area contributed by atoms with Gasteiger partial charge in [-0.25, -0.2) is 9.67 Å². The summed E-state index contributed by atoms with van der Waals surface area (Å²) in [6, 6.07) is 5.74. The lowest BCUT2D eigenvalue weighted by molar-refractivity contribution is 0.901. The van der Waals surface area contributed by atoms with Gasteiger partial charge in [-0.2, -0.15) is 10.2 Å². The van der Waals surface area contributed by atoms with Crippen molar-refractivity contribution in [2.75, 3.05) is 0 Å². The molecule has 0 aliphatic rings. The van der Waals surface area contributed by atoms with Crippen LogP contribution < -0.4 is 5.56 Å². The highest BCUT2D eigenvalue weighted by Crippen LogP contribution is 2.21. The second-order valence-electron chi connectivity index (χ2n) is 4.13. The molecule has 0 spiro atoms. The molecule has 0 saturated carbocycles. The number of aromatic nitrogens is 6. The Morgan fingerprint density at radius 3 is 3.05 bits per heavy atom. The van der Waals surface area contributed by atoms with Crippen molar-refractivity contribution in [2.24, 2.45) is 0 Å². The first-order chi connectivity index (χ1) is 9.34. The van der Waals surface area contributed by atoms with E-state index >= 15 is 0 Å². The number of hydrogen-bond acceptors (Lipinski definition) is 4. The van der Waals surface area contributed by atoms with Gasteiger partial charge in [0.1, 0.15) is 5.39 Å². The number of nitrogens with zero attached hydrogens (tertiary/aromatic N) is 4. The van der Waals surface area contributed by atoms with Crippen LogP contribution in [0.3, 0.4) is 0 Å². The summed E-state index contributed by atoms with van der Waals surface area (Å²) in [6.07, 6.45) is 4.61. The Bertz CT molecular complexity index is 947. The normalized spacial score (nSPS) is 11.4. The van der Waals surface area contributed by atoms with Crippen LogP contribution in [0.25, 0.3) is 27.6 Å². The second-order valence-corrected chi connectivity index (χ2v) is 4.13. The van der Waals surface area contributed by atoms with Gasteiger partial charge in [0.05, 0.1) is 29.9 Å². The molecule has 7 nitrogen and oxygen atoms in total. The van der Waals surface area contributed by atoms with Crippen LogP contribution in [0.15, 0.2) is 41.7 Å². The van der Waals surface area contributed by atoms with Crippen molar-refractivity contribution < 1.29 is 0 Å². The Hall–Kier alpha value is -2.96. The number of hydrogen-bond donors (Lipinski definition) is 2. The molecule has 4 rings (SSSR count). The SMILES string of the molecule is O=c1[nH]cnc2c1cnn2-c1cccc2[nH]ncc12. The molecule has 0 aliphatic carbocycles. The van der Waals surface area contributed by atoms with E-state index < -0.39 is 0 Å². The third-order valence-electron chi connectivity index (χ3n) is 3.06. The minimum absolute atomic E-state index is 0.199. The molecule has 0 radical (unpaired) electrons. The first-order valence-electron chi connectivity index (χ1n) is 5.68. The number of fused-ring (bicyclic) bond motifs is 2. The van der Waals surface area contributed by atoms with E-state index in [-0.39, 0.29) is 5.56 Å². The van der Waals surface area contributed by atoms with Gasteiger partial charge in [0.15, 0.2) is 5.65 Å². The van der Waals surface area contributed by atoms with Gasteiger partial charge in [-0.15, -0.1) is 0 Å². The Kier molecular flexibility index (Phi) is 1.85. The fourth-order valence-electron chi connectivity index (χ4n) is 2.17. The summed E-state index contributed by atoms with van der Waals surface area (Å²) in [5.74, 6) is 0. The molecule has 0 fully saturated rings. The van der Waals surface area contributed by atoms with Crippen molar-refractivity contribution in [3.8, 4) is 5.69 Å². The Morgan fingerprint density at radius 2 is 2.11 bits per heavy atom. The van der Waals surface area contributed by atoms with Crippen LogP contribution in [0.4, 0.5) is 0 Å². The van der Waals surface area contributed by atoms with Gasteiger partial charge in [0.25, 0.3) is 5.56 Å². The van der Waals surface area contributed by atoms with Crippen molar-refractivity contribution in [2.45, 2.75) is 0 Å². The average molecular weight is 252 g/mol. The zero-order valence-corrected chi connectivity index (χ0v) is 9.66. The summed E-state index contributed by atoms with van der Waals surface area (Å²) in [4.78, 5) is 18.4. The molecule has 3 aromatic heterocycles. The van der Waals surface area contributed by atoms with Crippen molar-refractivity contribution in [1.29, 1.82) is 0 Å². The van der Waals surface area contributed by atoms with Gasteiger partial charge in [-0.1, -0.05) is 6.07 Å². The summed E-state index contributed by atoms with van der Waals surface area (Å²) in [5.41, 5.74) is 2.07. The fourth-order valence-corrected chi connectivity index (χ4v) is 2.17. The number of aromatic amines is 2. The van der Waals surface area contributed by atoms with Crippen LogP contribution in [0, 0.1) is 0 Å². The van der Waals surface area contributed by atoms with Gasteiger partial charge in [0, 0.05) is 5.39 Å². The largest absolute Gasteiger partial charge is 0.312 e. The highest BCUT2D eigenvalue weighted by molar-refractivity contribution is 5.88.